The maximum Gasteiger partial charge on any atom is 0.320 e. The fourth-order valence-electron chi connectivity index (χ4n) is 2.67. The Morgan fingerprint density at radius 3 is 1.82 bits per heavy atom. The molecule has 2 bridgehead atoms. The molecule has 148 valence electrons. The van der Waals surface area contributed by atoms with Crippen LogP contribution in [0.4, 0.5) is 0 Å². The summed E-state index contributed by atoms with van der Waals surface area (Å²) in [5.74, 6) is -1.54. The monoisotopic (exact) mass is 384 g/mol. The van der Waals surface area contributed by atoms with Gasteiger partial charge in [-0.3, -0.25) is 19.0 Å². The lowest BCUT2D eigenvalue weighted by atomic mass is 10.1. The van der Waals surface area contributed by atoms with Crippen LogP contribution in [0.1, 0.15) is 40.0 Å². The number of amides is 1. The summed E-state index contributed by atoms with van der Waals surface area (Å²) in [6.45, 7) is 0.604. The molecule has 2 aromatic heterocycles. The van der Waals surface area contributed by atoms with E-state index in [0.29, 0.717) is 24.1 Å². The summed E-state index contributed by atoms with van der Waals surface area (Å²) in [6.07, 6.45) is 2.16. The van der Waals surface area contributed by atoms with Gasteiger partial charge in [-0.1, -0.05) is 6.42 Å². The molecule has 1 aromatic carbocycles. The summed E-state index contributed by atoms with van der Waals surface area (Å²) in [7, 11) is 0. The van der Waals surface area contributed by atoms with E-state index in [2.05, 4.69) is 0 Å². The van der Waals surface area contributed by atoms with Gasteiger partial charge in [-0.2, -0.15) is 0 Å². The molecule has 0 aliphatic heterocycles. The number of carboxylic acid groups (broad SMARTS) is 1. The number of aromatic nitrogens is 1. The van der Waals surface area contributed by atoms with Crippen molar-refractivity contribution in [3.63, 3.8) is 0 Å². The third-order valence-corrected chi connectivity index (χ3v) is 4.27. The molecule has 0 saturated carbocycles. The predicted molar refractivity (Wildman–Crippen MR) is 106 cm³/mol. The van der Waals surface area contributed by atoms with Crippen molar-refractivity contribution in [3.8, 4) is 0 Å². The first-order valence-corrected chi connectivity index (χ1v) is 8.88. The van der Waals surface area contributed by atoms with E-state index in [0.717, 1.165) is 23.9 Å². The van der Waals surface area contributed by atoms with Gasteiger partial charge in [-0.15, -0.1) is 0 Å². The molecule has 0 radical (unpaired) electrons. The van der Waals surface area contributed by atoms with Crippen LogP contribution >= 0.6 is 0 Å². The summed E-state index contributed by atoms with van der Waals surface area (Å²) >= 11 is 0. The molecule has 3 rings (SSSR count). The van der Waals surface area contributed by atoms with Crippen molar-refractivity contribution in [2.75, 3.05) is 6.54 Å². The van der Waals surface area contributed by atoms with Gasteiger partial charge in [0.2, 0.25) is 5.91 Å². The number of carbonyl (C=O) groups is 3. The van der Waals surface area contributed by atoms with Crippen molar-refractivity contribution in [2.24, 2.45) is 17.2 Å². The van der Waals surface area contributed by atoms with Crippen molar-refractivity contribution in [1.82, 2.24) is 4.57 Å². The quantitative estimate of drug-likeness (QED) is 0.451. The number of nitrogens with zero attached hydrogens (tertiary/aromatic N) is 1. The van der Waals surface area contributed by atoms with E-state index in [9.17, 15) is 14.4 Å². The molecule has 3 aromatic rings. The van der Waals surface area contributed by atoms with Crippen molar-refractivity contribution < 1.29 is 19.5 Å². The molecule has 28 heavy (non-hydrogen) atoms. The van der Waals surface area contributed by atoms with Gasteiger partial charge < -0.3 is 22.3 Å². The van der Waals surface area contributed by atoms with Crippen LogP contribution < -0.4 is 17.2 Å². The van der Waals surface area contributed by atoms with Crippen LogP contribution in [-0.4, -0.2) is 40.0 Å². The van der Waals surface area contributed by atoms with Gasteiger partial charge >= 0.3 is 5.97 Å². The van der Waals surface area contributed by atoms with Gasteiger partial charge in [0.25, 0.3) is 5.91 Å². The second-order valence-corrected chi connectivity index (χ2v) is 6.33. The number of unbranched alkanes of at least 4 members (excludes halogenated alkanes) is 1. The smallest absolute Gasteiger partial charge is 0.320 e. The van der Waals surface area contributed by atoms with Crippen molar-refractivity contribution in [1.29, 1.82) is 0 Å². The fraction of sp³-hybridized carbons (Fsp3) is 0.250. The minimum atomic E-state index is -0.933. The first-order valence-electron chi connectivity index (χ1n) is 8.88. The minimum absolute atomic E-state index is 0.106. The van der Waals surface area contributed by atoms with Crippen LogP contribution in [0.15, 0.2) is 48.5 Å². The molecule has 2 heterocycles. The van der Waals surface area contributed by atoms with Crippen molar-refractivity contribution in [2.45, 2.75) is 25.3 Å². The average molecular weight is 384 g/mol. The van der Waals surface area contributed by atoms with Crippen molar-refractivity contribution in [3.05, 3.63) is 59.7 Å². The summed E-state index contributed by atoms with van der Waals surface area (Å²) in [6, 6.07) is 13.2. The Morgan fingerprint density at radius 2 is 1.39 bits per heavy atom. The van der Waals surface area contributed by atoms with E-state index in [1.165, 1.54) is 0 Å². The fourth-order valence-corrected chi connectivity index (χ4v) is 2.67. The Kier molecular flexibility index (Phi) is 7.25. The van der Waals surface area contributed by atoms with Crippen LogP contribution in [0.2, 0.25) is 0 Å². The largest absolute Gasteiger partial charge is 0.480 e. The second kappa shape index (κ2) is 9.63. The van der Waals surface area contributed by atoms with Gasteiger partial charge in [-0.25, -0.2) is 0 Å². The Hall–Kier alpha value is -3.23. The molecule has 1 atom stereocenters. The lowest BCUT2D eigenvalue weighted by molar-refractivity contribution is -0.138. The normalized spacial score (nSPS) is 11.6. The maximum absolute atomic E-state index is 12.3. The summed E-state index contributed by atoms with van der Waals surface area (Å²) in [5.41, 5.74) is 18.2. The Balaban J connectivity index is 0.000000242. The van der Waals surface area contributed by atoms with Gasteiger partial charge in [0, 0.05) is 22.2 Å². The Bertz CT molecular complexity index is 885. The molecule has 0 aliphatic carbocycles. The molecule has 0 spiro atoms. The number of carboxylic acids is 1. The zero-order chi connectivity index (χ0) is 20.7. The summed E-state index contributed by atoms with van der Waals surface area (Å²) in [5, 5.41) is 8.33. The molecule has 1 amide bonds. The number of rotatable bonds is 7. The third kappa shape index (κ3) is 5.15. The molecule has 0 aliphatic rings. The molecule has 7 N–H and O–H groups in total. The van der Waals surface area contributed by atoms with E-state index < -0.39 is 17.9 Å². The first kappa shape index (κ1) is 21.1. The van der Waals surface area contributed by atoms with E-state index in [4.69, 9.17) is 22.3 Å². The zero-order valence-corrected chi connectivity index (χ0v) is 15.4. The number of fused-ring (bicyclic) bond motifs is 2. The maximum atomic E-state index is 12.3. The second-order valence-electron chi connectivity index (χ2n) is 6.33. The van der Waals surface area contributed by atoms with Crippen LogP contribution in [0.3, 0.4) is 0 Å². The molecule has 1 unspecified atom stereocenters. The van der Waals surface area contributed by atoms with Gasteiger partial charge in [0.15, 0.2) is 0 Å². The van der Waals surface area contributed by atoms with E-state index >= 15 is 0 Å². The van der Waals surface area contributed by atoms with Gasteiger partial charge in [0.05, 0.1) is 0 Å². The Labute approximate surface area is 162 Å². The topological polar surface area (TPSA) is 154 Å². The van der Waals surface area contributed by atoms with Crippen LogP contribution in [0.5, 0.6) is 0 Å². The van der Waals surface area contributed by atoms with Crippen LogP contribution in [-0.2, 0) is 4.79 Å². The molecule has 8 nitrogen and oxygen atoms in total. The standard InChI is InChI=1S/C14H10N2O2.C6H14N2O2/c15-13(17)9-1-3-10(4-2-9)14(18)16-11-5-6-12(16)8-7-11;7-4-2-1-3-5(8)6(9)10/h1-8H,(H2,15,17);5H,1-4,7-8H2,(H,9,10). The molecular weight excluding hydrogens is 360 g/mol. The lowest BCUT2D eigenvalue weighted by Gasteiger charge is -2.03. The molecular formula is C20H24N4O4. The lowest BCUT2D eigenvalue weighted by Crippen LogP contribution is -2.29. The highest BCUT2D eigenvalue weighted by Gasteiger charge is 2.14. The highest BCUT2D eigenvalue weighted by molar-refractivity contribution is 6.03. The number of hydrogen-bond donors (Lipinski definition) is 4. The Morgan fingerprint density at radius 1 is 0.893 bits per heavy atom. The SMILES string of the molecule is NC(=O)c1ccc(C(=O)n2c3ccc2cc3)cc1.NCCCCC(N)C(=O)O. The summed E-state index contributed by atoms with van der Waals surface area (Å²) in [4.78, 5) is 33.4. The van der Waals surface area contributed by atoms with Gasteiger partial charge in [0.1, 0.15) is 6.04 Å². The van der Waals surface area contributed by atoms with Gasteiger partial charge in [-0.05, 0) is 67.9 Å². The molecule has 0 fully saturated rings. The number of benzene rings is 2. The number of primary amides is 1. The highest BCUT2D eigenvalue weighted by Crippen LogP contribution is 2.19. The molecule has 8 heteroatoms. The predicted octanol–water partition coefficient (Wildman–Crippen LogP) is 1.39. The highest BCUT2D eigenvalue weighted by atomic mass is 16.4. The van der Waals surface area contributed by atoms with E-state index in [1.54, 1.807) is 28.8 Å². The number of hydrogen-bond acceptors (Lipinski definition) is 5. The van der Waals surface area contributed by atoms with E-state index in [-0.39, 0.29) is 5.91 Å². The number of aliphatic carboxylic acids is 1. The molecule has 0 saturated heterocycles. The minimum Gasteiger partial charge on any atom is -0.480 e. The van der Waals surface area contributed by atoms with E-state index in [1.807, 2.05) is 24.3 Å². The summed E-state index contributed by atoms with van der Waals surface area (Å²) < 4.78 is 1.64. The van der Waals surface area contributed by atoms with Crippen LogP contribution in [0.25, 0.3) is 11.0 Å². The first-order chi connectivity index (χ1) is 13.3. The average Bonchev–Trinajstić information content (AvgIpc) is 3.28. The van der Waals surface area contributed by atoms with Crippen LogP contribution in [0, 0.1) is 0 Å². The number of nitrogens with two attached hydrogens (primary N) is 3. The van der Waals surface area contributed by atoms with Crippen molar-refractivity contribution >= 4 is 28.8 Å². The third-order valence-electron chi connectivity index (χ3n) is 4.27. The zero-order valence-electron chi connectivity index (χ0n) is 15.4. The number of carbonyl (C=O) groups excluding carboxylic acids is 2.